The first kappa shape index (κ1) is 11.2. The van der Waals surface area contributed by atoms with Gasteiger partial charge < -0.3 is 19.5 Å². The zero-order chi connectivity index (χ0) is 11.7. The van der Waals surface area contributed by atoms with Gasteiger partial charge in [0.05, 0.1) is 24.8 Å². The molecule has 0 spiro atoms. The summed E-state index contributed by atoms with van der Waals surface area (Å²) < 4.78 is 8.12. The van der Waals surface area contributed by atoms with Crippen LogP contribution < -0.4 is 5.32 Å². The van der Waals surface area contributed by atoms with Gasteiger partial charge in [0.2, 0.25) is 0 Å². The Kier molecular flexibility index (Phi) is 3.13. The fourth-order valence-electron chi connectivity index (χ4n) is 2.76. The van der Waals surface area contributed by atoms with Crippen molar-refractivity contribution < 1.29 is 4.74 Å². The molecule has 2 saturated heterocycles. The molecule has 0 aliphatic carbocycles. The molecule has 2 fully saturated rings. The molecule has 0 amide bonds. The first-order valence-electron chi connectivity index (χ1n) is 6.37. The second-order valence-corrected chi connectivity index (χ2v) is 4.99. The van der Waals surface area contributed by atoms with Crippen LogP contribution in [0.15, 0.2) is 12.5 Å². The minimum atomic E-state index is 0.164. The minimum Gasteiger partial charge on any atom is -0.369 e. The Balaban J connectivity index is 1.78. The summed E-state index contributed by atoms with van der Waals surface area (Å²) in [4.78, 5) is 6.67. The van der Waals surface area contributed by atoms with Crippen LogP contribution in [0.1, 0.15) is 24.3 Å². The van der Waals surface area contributed by atoms with Crippen LogP contribution in [0.3, 0.4) is 0 Å². The lowest BCUT2D eigenvalue weighted by Crippen LogP contribution is -2.34. The summed E-state index contributed by atoms with van der Waals surface area (Å²) in [5.74, 6) is 0. The van der Waals surface area contributed by atoms with Crippen LogP contribution in [0, 0.1) is 0 Å². The molecule has 2 aliphatic heterocycles. The van der Waals surface area contributed by atoms with Crippen molar-refractivity contribution in [3.8, 4) is 0 Å². The second kappa shape index (κ2) is 4.76. The minimum absolute atomic E-state index is 0.164. The number of likely N-dealkylation sites (tertiary alicyclic amines) is 1. The molecule has 1 aromatic heterocycles. The molecule has 0 bridgehead atoms. The van der Waals surface area contributed by atoms with E-state index in [0.29, 0.717) is 6.04 Å². The topological polar surface area (TPSA) is 42.3 Å². The van der Waals surface area contributed by atoms with Gasteiger partial charge in [0.15, 0.2) is 0 Å². The van der Waals surface area contributed by atoms with Crippen molar-refractivity contribution in [3.05, 3.63) is 18.2 Å². The van der Waals surface area contributed by atoms with Crippen LogP contribution in [-0.2, 0) is 4.74 Å². The first-order valence-corrected chi connectivity index (χ1v) is 6.37. The molecule has 5 nitrogen and oxygen atoms in total. The Morgan fingerprint density at radius 3 is 3.18 bits per heavy atom. The van der Waals surface area contributed by atoms with Gasteiger partial charge in [-0.15, -0.1) is 0 Å². The third kappa shape index (κ3) is 2.22. The van der Waals surface area contributed by atoms with Crippen molar-refractivity contribution in [2.75, 3.05) is 39.8 Å². The van der Waals surface area contributed by atoms with Gasteiger partial charge in [-0.1, -0.05) is 0 Å². The van der Waals surface area contributed by atoms with Crippen LogP contribution >= 0.6 is 0 Å². The highest BCUT2D eigenvalue weighted by molar-refractivity contribution is 5.07. The Hall–Kier alpha value is -0.910. The van der Waals surface area contributed by atoms with Gasteiger partial charge >= 0.3 is 0 Å². The SMILES string of the molecule is CN1CCC(n2cncc2C2CNCCO2)C1. The molecule has 2 aliphatic rings. The number of imidazole rings is 1. The van der Waals surface area contributed by atoms with Crippen molar-refractivity contribution in [2.45, 2.75) is 18.6 Å². The van der Waals surface area contributed by atoms with Crippen molar-refractivity contribution in [2.24, 2.45) is 0 Å². The van der Waals surface area contributed by atoms with Gasteiger partial charge in [-0.05, 0) is 20.0 Å². The van der Waals surface area contributed by atoms with E-state index in [-0.39, 0.29) is 6.10 Å². The number of ether oxygens (including phenoxy) is 1. The number of nitrogens with zero attached hydrogens (tertiary/aromatic N) is 3. The van der Waals surface area contributed by atoms with E-state index < -0.39 is 0 Å². The third-order valence-corrected chi connectivity index (χ3v) is 3.71. The van der Waals surface area contributed by atoms with E-state index in [0.717, 1.165) is 26.2 Å². The Morgan fingerprint density at radius 1 is 1.53 bits per heavy atom. The summed E-state index contributed by atoms with van der Waals surface area (Å²) in [5, 5.41) is 3.37. The normalized spacial score (nSPS) is 30.9. The van der Waals surface area contributed by atoms with E-state index in [4.69, 9.17) is 4.74 Å². The van der Waals surface area contributed by atoms with Crippen LogP contribution in [0.5, 0.6) is 0 Å². The zero-order valence-corrected chi connectivity index (χ0v) is 10.3. The summed E-state index contributed by atoms with van der Waals surface area (Å²) in [5.41, 5.74) is 1.22. The molecule has 17 heavy (non-hydrogen) atoms. The molecule has 3 rings (SSSR count). The lowest BCUT2D eigenvalue weighted by Gasteiger charge is -2.26. The van der Waals surface area contributed by atoms with E-state index >= 15 is 0 Å². The quantitative estimate of drug-likeness (QED) is 0.808. The van der Waals surface area contributed by atoms with E-state index in [9.17, 15) is 0 Å². The van der Waals surface area contributed by atoms with Gasteiger partial charge in [0, 0.05) is 25.7 Å². The number of nitrogens with one attached hydrogen (secondary N) is 1. The fourth-order valence-corrected chi connectivity index (χ4v) is 2.76. The van der Waals surface area contributed by atoms with E-state index in [2.05, 4.69) is 26.8 Å². The summed E-state index contributed by atoms with van der Waals surface area (Å²) >= 11 is 0. The summed E-state index contributed by atoms with van der Waals surface area (Å²) in [6.45, 7) is 4.93. The van der Waals surface area contributed by atoms with Crippen molar-refractivity contribution in [1.29, 1.82) is 0 Å². The monoisotopic (exact) mass is 236 g/mol. The van der Waals surface area contributed by atoms with E-state index in [1.807, 2.05) is 12.5 Å². The van der Waals surface area contributed by atoms with Crippen LogP contribution in [0.4, 0.5) is 0 Å². The summed E-state index contributed by atoms with van der Waals surface area (Å²) in [6.07, 6.45) is 5.28. The lowest BCUT2D eigenvalue weighted by atomic mass is 10.2. The number of morpholine rings is 1. The van der Waals surface area contributed by atoms with Crippen LogP contribution in [0.2, 0.25) is 0 Å². The highest BCUT2D eigenvalue weighted by Gasteiger charge is 2.26. The number of aromatic nitrogens is 2. The molecule has 3 heterocycles. The fraction of sp³-hybridized carbons (Fsp3) is 0.750. The van der Waals surface area contributed by atoms with Gasteiger partial charge in [0.1, 0.15) is 6.10 Å². The van der Waals surface area contributed by atoms with Gasteiger partial charge in [-0.3, -0.25) is 0 Å². The maximum Gasteiger partial charge on any atom is 0.111 e. The molecule has 1 aromatic rings. The number of rotatable bonds is 2. The van der Waals surface area contributed by atoms with Crippen molar-refractivity contribution in [3.63, 3.8) is 0 Å². The first-order chi connectivity index (χ1) is 8.34. The van der Waals surface area contributed by atoms with Gasteiger partial charge in [-0.2, -0.15) is 0 Å². The molecule has 2 unspecified atom stereocenters. The van der Waals surface area contributed by atoms with Crippen molar-refractivity contribution in [1.82, 2.24) is 19.8 Å². The van der Waals surface area contributed by atoms with Crippen LogP contribution in [-0.4, -0.2) is 54.3 Å². The lowest BCUT2D eigenvalue weighted by molar-refractivity contribution is 0.0220. The van der Waals surface area contributed by atoms with Crippen LogP contribution in [0.25, 0.3) is 0 Å². The summed E-state index contributed by atoms with van der Waals surface area (Å²) in [6, 6.07) is 0.558. The zero-order valence-electron chi connectivity index (χ0n) is 10.3. The molecular formula is C12H20N4O. The molecule has 1 N–H and O–H groups in total. The maximum atomic E-state index is 5.81. The highest BCUT2D eigenvalue weighted by Crippen LogP contribution is 2.26. The van der Waals surface area contributed by atoms with E-state index in [1.54, 1.807) is 0 Å². The average Bonchev–Trinajstić information content (AvgIpc) is 2.98. The second-order valence-electron chi connectivity index (χ2n) is 4.99. The molecular weight excluding hydrogens is 216 g/mol. The standard InChI is InChI=1S/C12H20N4O/c1-15-4-2-10(8-15)16-9-14-6-11(16)12-7-13-3-5-17-12/h6,9-10,12-13H,2-5,7-8H2,1H3. The molecule has 0 aromatic carbocycles. The highest BCUT2D eigenvalue weighted by atomic mass is 16.5. The molecule has 0 radical (unpaired) electrons. The molecule has 5 heteroatoms. The summed E-state index contributed by atoms with van der Waals surface area (Å²) in [7, 11) is 2.18. The average molecular weight is 236 g/mol. The van der Waals surface area contributed by atoms with E-state index in [1.165, 1.54) is 18.7 Å². The van der Waals surface area contributed by atoms with Crippen molar-refractivity contribution >= 4 is 0 Å². The maximum absolute atomic E-state index is 5.81. The van der Waals surface area contributed by atoms with Gasteiger partial charge in [-0.25, -0.2) is 4.98 Å². The Bertz CT molecular complexity index is 353. The van der Waals surface area contributed by atoms with Gasteiger partial charge in [0.25, 0.3) is 0 Å². The Labute approximate surface area is 102 Å². The third-order valence-electron chi connectivity index (χ3n) is 3.71. The number of hydrogen-bond donors (Lipinski definition) is 1. The Morgan fingerprint density at radius 2 is 2.47 bits per heavy atom. The smallest absolute Gasteiger partial charge is 0.111 e. The molecule has 0 saturated carbocycles. The largest absolute Gasteiger partial charge is 0.369 e. The number of likely N-dealkylation sites (N-methyl/N-ethyl adjacent to an activating group) is 1. The predicted molar refractivity (Wildman–Crippen MR) is 64.9 cm³/mol. The molecule has 94 valence electrons. The molecule has 2 atom stereocenters. The predicted octanol–water partition coefficient (Wildman–Crippen LogP) is 0.421. The number of hydrogen-bond acceptors (Lipinski definition) is 4.